The van der Waals surface area contributed by atoms with Crippen LogP contribution in [0.2, 0.25) is 0 Å². The van der Waals surface area contributed by atoms with Crippen LogP contribution in [0.1, 0.15) is 46.5 Å². The lowest BCUT2D eigenvalue weighted by molar-refractivity contribution is -0.130. The van der Waals surface area contributed by atoms with E-state index in [9.17, 15) is 4.79 Å². The molecule has 1 amide bonds. The van der Waals surface area contributed by atoms with E-state index in [4.69, 9.17) is 5.73 Å². The maximum Gasteiger partial charge on any atom is 0.227 e. The molecule has 2 aliphatic carbocycles. The van der Waals surface area contributed by atoms with Gasteiger partial charge in [-0.15, -0.1) is 12.4 Å². The standard InChI is InChI=1S/C14H26N2O.ClH/c1-9(16-13(17)14(2,3)8-15)12-7-10-4-5-11(12)6-10;/h9-12H,4-8,15H2,1-3H3,(H,16,17);1H. The summed E-state index contributed by atoms with van der Waals surface area (Å²) in [6.07, 6.45) is 5.49. The molecule has 4 unspecified atom stereocenters. The Morgan fingerprint density at radius 1 is 1.39 bits per heavy atom. The van der Waals surface area contributed by atoms with E-state index in [-0.39, 0.29) is 18.3 Å². The largest absolute Gasteiger partial charge is 0.353 e. The van der Waals surface area contributed by atoms with Crippen molar-refractivity contribution in [2.24, 2.45) is 28.9 Å². The van der Waals surface area contributed by atoms with Gasteiger partial charge in [0.15, 0.2) is 0 Å². The number of halogens is 1. The van der Waals surface area contributed by atoms with Gasteiger partial charge in [0.25, 0.3) is 0 Å². The molecule has 4 heteroatoms. The van der Waals surface area contributed by atoms with Crippen molar-refractivity contribution in [3.8, 4) is 0 Å². The fraction of sp³-hybridized carbons (Fsp3) is 0.929. The number of rotatable bonds is 4. The van der Waals surface area contributed by atoms with Crippen LogP contribution in [0.4, 0.5) is 0 Å². The zero-order valence-corrected chi connectivity index (χ0v) is 12.6. The molecule has 2 saturated carbocycles. The summed E-state index contributed by atoms with van der Waals surface area (Å²) in [4.78, 5) is 12.1. The predicted octanol–water partition coefficient (Wildman–Crippen LogP) is 2.33. The third-order valence-corrected chi connectivity index (χ3v) is 4.92. The second kappa shape index (κ2) is 5.79. The van der Waals surface area contributed by atoms with E-state index in [0.717, 1.165) is 11.8 Å². The van der Waals surface area contributed by atoms with Gasteiger partial charge in [-0.1, -0.05) is 6.42 Å². The number of nitrogens with two attached hydrogens (primary N) is 1. The number of amides is 1. The quantitative estimate of drug-likeness (QED) is 0.827. The molecule has 106 valence electrons. The summed E-state index contributed by atoms with van der Waals surface area (Å²) >= 11 is 0. The van der Waals surface area contributed by atoms with Crippen LogP contribution in [0.5, 0.6) is 0 Å². The summed E-state index contributed by atoms with van der Waals surface area (Å²) in [5.74, 6) is 2.60. The lowest BCUT2D eigenvalue weighted by Crippen LogP contribution is -2.48. The van der Waals surface area contributed by atoms with Crippen molar-refractivity contribution in [1.29, 1.82) is 0 Å². The zero-order chi connectivity index (χ0) is 12.6. The number of hydrogen-bond donors (Lipinski definition) is 2. The van der Waals surface area contributed by atoms with Crippen molar-refractivity contribution in [3.05, 3.63) is 0 Å². The van der Waals surface area contributed by atoms with Crippen molar-refractivity contribution >= 4 is 18.3 Å². The van der Waals surface area contributed by atoms with Crippen LogP contribution < -0.4 is 11.1 Å². The maximum atomic E-state index is 12.1. The van der Waals surface area contributed by atoms with Gasteiger partial charge in [-0.3, -0.25) is 4.79 Å². The Bertz CT molecular complexity index is 306. The van der Waals surface area contributed by atoms with E-state index in [1.807, 2.05) is 13.8 Å². The number of carbonyl (C=O) groups excluding carboxylic acids is 1. The van der Waals surface area contributed by atoms with Crippen molar-refractivity contribution < 1.29 is 4.79 Å². The van der Waals surface area contributed by atoms with E-state index in [1.54, 1.807) is 0 Å². The van der Waals surface area contributed by atoms with Crippen LogP contribution in [-0.4, -0.2) is 18.5 Å². The minimum atomic E-state index is -0.439. The minimum Gasteiger partial charge on any atom is -0.353 e. The molecule has 0 saturated heterocycles. The number of carbonyl (C=O) groups is 1. The SMILES string of the molecule is CC(NC(=O)C(C)(C)CN)C1CC2CCC1C2.Cl. The first-order chi connectivity index (χ1) is 7.94. The molecule has 0 aliphatic heterocycles. The summed E-state index contributed by atoms with van der Waals surface area (Å²) in [7, 11) is 0. The Hall–Kier alpha value is -0.280. The van der Waals surface area contributed by atoms with Gasteiger partial charge in [-0.25, -0.2) is 0 Å². The number of hydrogen-bond acceptors (Lipinski definition) is 2. The third-order valence-electron chi connectivity index (χ3n) is 4.92. The Morgan fingerprint density at radius 3 is 2.50 bits per heavy atom. The van der Waals surface area contributed by atoms with Crippen LogP contribution in [0.15, 0.2) is 0 Å². The van der Waals surface area contributed by atoms with Gasteiger partial charge in [-0.2, -0.15) is 0 Å². The zero-order valence-electron chi connectivity index (χ0n) is 11.7. The first-order valence-electron chi connectivity index (χ1n) is 6.95. The van der Waals surface area contributed by atoms with E-state index in [2.05, 4.69) is 12.2 Å². The average Bonchev–Trinajstić information content (AvgIpc) is 2.90. The van der Waals surface area contributed by atoms with Crippen molar-refractivity contribution in [3.63, 3.8) is 0 Å². The molecule has 2 rings (SSSR count). The first-order valence-corrected chi connectivity index (χ1v) is 6.95. The van der Waals surface area contributed by atoms with Crippen molar-refractivity contribution in [2.75, 3.05) is 6.54 Å². The van der Waals surface area contributed by atoms with Gasteiger partial charge < -0.3 is 11.1 Å². The summed E-state index contributed by atoms with van der Waals surface area (Å²) < 4.78 is 0. The van der Waals surface area contributed by atoms with Gasteiger partial charge >= 0.3 is 0 Å². The van der Waals surface area contributed by atoms with Crippen molar-refractivity contribution in [2.45, 2.75) is 52.5 Å². The fourth-order valence-electron chi connectivity index (χ4n) is 3.51. The normalized spacial score (nSPS) is 31.9. The maximum absolute atomic E-state index is 12.1. The fourth-order valence-corrected chi connectivity index (χ4v) is 3.51. The van der Waals surface area contributed by atoms with Crippen LogP contribution >= 0.6 is 12.4 Å². The van der Waals surface area contributed by atoms with Gasteiger partial charge in [-0.05, 0) is 57.8 Å². The van der Waals surface area contributed by atoms with Gasteiger partial charge in [0.05, 0.1) is 5.41 Å². The molecule has 3 nitrogen and oxygen atoms in total. The van der Waals surface area contributed by atoms with Crippen LogP contribution in [0, 0.1) is 23.2 Å². The van der Waals surface area contributed by atoms with Crippen molar-refractivity contribution in [1.82, 2.24) is 5.32 Å². The highest BCUT2D eigenvalue weighted by Crippen LogP contribution is 2.49. The summed E-state index contributed by atoms with van der Waals surface area (Å²) in [5.41, 5.74) is 5.20. The highest BCUT2D eigenvalue weighted by molar-refractivity contribution is 5.85. The first kappa shape index (κ1) is 15.8. The number of nitrogens with one attached hydrogen (secondary N) is 1. The molecule has 4 atom stereocenters. The van der Waals surface area contributed by atoms with Crippen LogP contribution in [0.25, 0.3) is 0 Å². The monoisotopic (exact) mass is 274 g/mol. The highest BCUT2D eigenvalue weighted by Gasteiger charge is 2.42. The van der Waals surface area contributed by atoms with Gasteiger partial charge in [0.2, 0.25) is 5.91 Å². The summed E-state index contributed by atoms with van der Waals surface area (Å²) in [6, 6.07) is 0.309. The molecule has 0 radical (unpaired) electrons. The topological polar surface area (TPSA) is 55.1 Å². The lowest BCUT2D eigenvalue weighted by Gasteiger charge is -2.31. The predicted molar refractivity (Wildman–Crippen MR) is 76.6 cm³/mol. The molecule has 2 aliphatic rings. The van der Waals surface area contributed by atoms with E-state index in [1.165, 1.54) is 25.7 Å². The molecule has 0 aromatic heterocycles. The minimum absolute atomic E-state index is 0. The molecular weight excluding hydrogens is 248 g/mol. The Labute approximate surface area is 117 Å². The van der Waals surface area contributed by atoms with Gasteiger partial charge in [0, 0.05) is 12.6 Å². The van der Waals surface area contributed by atoms with E-state index < -0.39 is 5.41 Å². The molecule has 2 bridgehead atoms. The Kier molecular flexibility index (Phi) is 5.07. The Balaban J connectivity index is 0.00000162. The van der Waals surface area contributed by atoms with Crippen LogP contribution in [0.3, 0.4) is 0 Å². The summed E-state index contributed by atoms with van der Waals surface area (Å²) in [5, 5.41) is 3.18. The smallest absolute Gasteiger partial charge is 0.227 e. The average molecular weight is 275 g/mol. The lowest BCUT2D eigenvalue weighted by atomic mass is 9.83. The van der Waals surface area contributed by atoms with E-state index >= 15 is 0 Å². The molecule has 0 aromatic rings. The molecule has 0 heterocycles. The number of fused-ring (bicyclic) bond motifs is 2. The Morgan fingerprint density at radius 2 is 2.06 bits per heavy atom. The van der Waals surface area contributed by atoms with E-state index in [0.29, 0.717) is 18.5 Å². The second-order valence-corrected chi connectivity index (χ2v) is 6.69. The molecule has 2 fully saturated rings. The highest BCUT2D eigenvalue weighted by atomic mass is 35.5. The van der Waals surface area contributed by atoms with Crippen LogP contribution in [-0.2, 0) is 4.79 Å². The molecule has 0 aromatic carbocycles. The molecule has 3 N–H and O–H groups in total. The third kappa shape index (κ3) is 3.00. The molecular formula is C14H27ClN2O. The molecule has 18 heavy (non-hydrogen) atoms. The molecule has 0 spiro atoms. The second-order valence-electron chi connectivity index (χ2n) is 6.69. The summed E-state index contributed by atoms with van der Waals surface area (Å²) in [6.45, 7) is 6.39. The van der Waals surface area contributed by atoms with Gasteiger partial charge in [0.1, 0.15) is 0 Å².